The molecular weight excluding hydrogens is 278 g/mol. The maximum Gasteiger partial charge on any atom is 0.413 e. The highest BCUT2D eigenvalue weighted by Gasteiger charge is 2.16. The lowest BCUT2D eigenvalue weighted by atomic mass is 9.93. The van der Waals surface area contributed by atoms with Crippen LogP contribution in [0, 0.1) is 6.92 Å². The first kappa shape index (κ1) is 15.8. The molecule has 2 rings (SSSR count). The predicted octanol–water partition coefficient (Wildman–Crippen LogP) is 3.72. The zero-order chi connectivity index (χ0) is 16.1. The van der Waals surface area contributed by atoms with Crippen LogP contribution in [0.15, 0.2) is 42.5 Å². The third kappa shape index (κ3) is 3.34. The highest BCUT2D eigenvalue weighted by molar-refractivity contribution is 6.07. The Bertz CT molecular complexity index is 707. The minimum atomic E-state index is -0.764. The Kier molecular flexibility index (Phi) is 4.94. The molecule has 2 amide bonds. The average molecular weight is 297 g/mol. The molecule has 0 saturated carbocycles. The van der Waals surface area contributed by atoms with E-state index in [-0.39, 0.29) is 0 Å². The Morgan fingerprint density at radius 2 is 1.82 bits per heavy atom. The number of carbonyl (C=O) groups is 2. The number of methoxy groups -OCH3 is 1. The molecule has 0 unspecified atom stereocenters. The zero-order valence-corrected chi connectivity index (χ0v) is 13.0. The summed E-state index contributed by atoms with van der Waals surface area (Å²) >= 11 is 0. The molecule has 114 valence electrons. The van der Waals surface area contributed by atoms with Crippen molar-refractivity contribution in [2.75, 3.05) is 7.11 Å². The number of hydrogen-bond donors (Lipinski definition) is 1. The molecule has 0 heterocycles. The molecule has 0 spiro atoms. The lowest BCUT2D eigenvalue weighted by molar-refractivity contribution is 0.0937. The summed E-state index contributed by atoms with van der Waals surface area (Å²) in [4.78, 5) is 23.5. The van der Waals surface area contributed by atoms with Gasteiger partial charge in [0.15, 0.2) is 0 Å². The van der Waals surface area contributed by atoms with E-state index in [1.165, 1.54) is 18.2 Å². The van der Waals surface area contributed by atoms with Crippen molar-refractivity contribution in [3.8, 4) is 11.1 Å². The molecule has 22 heavy (non-hydrogen) atoms. The van der Waals surface area contributed by atoms with Gasteiger partial charge in [0.1, 0.15) is 0 Å². The number of imide groups is 1. The Labute approximate surface area is 130 Å². The summed E-state index contributed by atoms with van der Waals surface area (Å²) < 4.78 is 4.48. The van der Waals surface area contributed by atoms with Gasteiger partial charge in [0.05, 0.1) is 7.11 Å². The highest BCUT2D eigenvalue weighted by atomic mass is 16.5. The number of alkyl carbamates (subject to hydrolysis) is 1. The van der Waals surface area contributed by atoms with Crippen molar-refractivity contribution in [1.82, 2.24) is 5.32 Å². The lowest BCUT2D eigenvalue weighted by Crippen LogP contribution is -2.30. The summed E-state index contributed by atoms with van der Waals surface area (Å²) in [6, 6.07) is 13.4. The van der Waals surface area contributed by atoms with Crippen molar-refractivity contribution in [3.05, 3.63) is 59.2 Å². The third-order valence-electron chi connectivity index (χ3n) is 3.50. The molecule has 0 aliphatic heterocycles. The van der Waals surface area contributed by atoms with Crippen LogP contribution in [-0.4, -0.2) is 19.1 Å². The molecule has 0 atom stereocenters. The molecule has 0 aliphatic carbocycles. The number of aryl methyl sites for hydroxylation is 2. The molecule has 0 radical (unpaired) electrons. The van der Waals surface area contributed by atoms with E-state index in [0.29, 0.717) is 5.56 Å². The van der Waals surface area contributed by atoms with Crippen LogP contribution in [0.25, 0.3) is 11.1 Å². The van der Waals surface area contributed by atoms with Crippen LogP contribution in [0.2, 0.25) is 0 Å². The maximum atomic E-state index is 12.3. The van der Waals surface area contributed by atoms with Crippen LogP contribution < -0.4 is 5.32 Å². The SMILES string of the molecule is CCc1cc(C)ccc1-c1ccccc1C(=O)NC(=O)OC. The molecule has 2 aromatic rings. The van der Waals surface area contributed by atoms with E-state index < -0.39 is 12.0 Å². The number of ether oxygens (including phenoxy) is 1. The van der Waals surface area contributed by atoms with Gasteiger partial charge in [0.2, 0.25) is 0 Å². The zero-order valence-electron chi connectivity index (χ0n) is 13.0. The van der Waals surface area contributed by atoms with Gasteiger partial charge in [-0.05, 0) is 36.1 Å². The van der Waals surface area contributed by atoms with Gasteiger partial charge < -0.3 is 4.74 Å². The van der Waals surface area contributed by atoms with E-state index in [2.05, 4.69) is 23.0 Å². The summed E-state index contributed by atoms with van der Waals surface area (Å²) in [5.74, 6) is -0.468. The molecular formula is C18H19NO3. The number of benzene rings is 2. The Hall–Kier alpha value is -2.62. The molecule has 0 saturated heterocycles. The Morgan fingerprint density at radius 1 is 1.09 bits per heavy atom. The van der Waals surface area contributed by atoms with E-state index in [4.69, 9.17) is 0 Å². The standard InChI is InChI=1S/C18H19NO3/c1-4-13-11-12(2)9-10-14(13)15-7-5-6-8-16(15)17(20)19-18(21)22-3/h5-11H,4H2,1-3H3,(H,19,20,21). The second-order valence-electron chi connectivity index (χ2n) is 5.01. The smallest absolute Gasteiger partial charge is 0.413 e. The fourth-order valence-corrected chi connectivity index (χ4v) is 2.40. The largest absolute Gasteiger partial charge is 0.453 e. The highest BCUT2D eigenvalue weighted by Crippen LogP contribution is 2.28. The number of amides is 2. The maximum absolute atomic E-state index is 12.3. The lowest BCUT2D eigenvalue weighted by Gasteiger charge is -2.13. The quantitative estimate of drug-likeness (QED) is 0.939. The van der Waals surface area contributed by atoms with Crippen molar-refractivity contribution >= 4 is 12.0 Å². The van der Waals surface area contributed by atoms with E-state index >= 15 is 0 Å². The van der Waals surface area contributed by atoms with E-state index in [1.54, 1.807) is 12.1 Å². The van der Waals surface area contributed by atoms with Gasteiger partial charge in [-0.2, -0.15) is 0 Å². The fraction of sp³-hybridized carbons (Fsp3) is 0.222. The predicted molar refractivity (Wildman–Crippen MR) is 85.9 cm³/mol. The van der Waals surface area contributed by atoms with Crippen molar-refractivity contribution < 1.29 is 14.3 Å². The van der Waals surface area contributed by atoms with Crippen molar-refractivity contribution in [2.45, 2.75) is 20.3 Å². The van der Waals surface area contributed by atoms with Gasteiger partial charge in [-0.25, -0.2) is 4.79 Å². The molecule has 2 aromatic carbocycles. The minimum absolute atomic E-state index is 0.450. The van der Waals surface area contributed by atoms with E-state index in [0.717, 1.165) is 17.5 Å². The first-order valence-electron chi connectivity index (χ1n) is 7.15. The Balaban J connectivity index is 2.49. The number of nitrogens with one attached hydrogen (secondary N) is 1. The Morgan fingerprint density at radius 3 is 2.50 bits per heavy atom. The second-order valence-corrected chi connectivity index (χ2v) is 5.01. The van der Waals surface area contributed by atoms with Gasteiger partial charge in [-0.1, -0.05) is 48.9 Å². The summed E-state index contributed by atoms with van der Waals surface area (Å²) in [6.45, 7) is 4.12. The average Bonchev–Trinajstić information content (AvgIpc) is 2.54. The summed E-state index contributed by atoms with van der Waals surface area (Å²) in [5.41, 5.74) is 4.60. The van der Waals surface area contributed by atoms with Crippen LogP contribution in [0.5, 0.6) is 0 Å². The topological polar surface area (TPSA) is 55.4 Å². The first-order chi connectivity index (χ1) is 10.6. The van der Waals surface area contributed by atoms with E-state index in [1.807, 2.05) is 31.2 Å². The normalized spacial score (nSPS) is 10.1. The number of carbonyl (C=O) groups excluding carboxylic acids is 2. The molecule has 1 N–H and O–H groups in total. The second kappa shape index (κ2) is 6.89. The number of rotatable bonds is 3. The monoisotopic (exact) mass is 297 g/mol. The van der Waals surface area contributed by atoms with Crippen LogP contribution in [0.1, 0.15) is 28.4 Å². The fourth-order valence-electron chi connectivity index (χ4n) is 2.40. The van der Waals surface area contributed by atoms with Crippen LogP contribution in [0.4, 0.5) is 4.79 Å². The minimum Gasteiger partial charge on any atom is -0.453 e. The van der Waals surface area contributed by atoms with Crippen LogP contribution >= 0.6 is 0 Å². The van der Waals surface area contributed by atoms with Gasteiger partial charge in [0.25, 0.3) is 5.91 Å². The molecule has 4 heteroatoms. The van der Waals surface area contributed by atoms with Gasteiger partial charge in [-0.15, -0.1) is 0 Å². The summed E-state index contributed by atoms with van der Waals surface area (Å²) in [5, 5.41) is 2.20. The van der Waals surface area contributed by atoms with Crippen molar-refractivity contribution in [2.24, 2.45) is 0 Å². The van der Waals surface area contributed by atoms with Gasteiger partial charge >= 0.3 is 6.09 Å². The molecule has 0 fully saturated rings. The summed E-state index contributed by atoms with van der Waals surface area (Å²) in [6.07, 6.45) is 0.101. The van der Waals surface area contributed by atoms with Gasteiger partial charge in [0, 0.05) is 5.56 Å². The van der Waals surface area contributed by atoms with Gasteiger partial charge in [-0.3, -0.25) is 10.1 Å². The first-order valence-corrected chi connectivity index (χ1v) is 7.15. The molecule has 0 bridgehead atoms. The number of hydrogen-bond acceptors (Lipinski definition) is 3. The van der Waals surface area contributed by atoms with Crippen molar-refractivity contribution in [1.29, 1.82) is 0 Å². The van der Waals surface area contributed by atoms with Crippen LogP contribution in [0.3, 0.4) is 0 Å². The van der Waals surface area contributed by atoms with Crippen molar-refractivity contribution in [3.63, 3.8) is 0 Å². The van der Waals surface area contributed by atoms with E-state index in [9.17, 15) is 9.59 Å². The third-order valence-corrected chi connectivity index (χ3v) is 3.50. The van der Waals surface area contributed by atoms with Crippen LogP contribution in [-0.2, 0) is 11.2 Å². The summed E-state index contributed by atoms with van der Waals surface area (Å²) in [7, 11) is 1.23. The molecule has 4 nitrogen and oxygen atoms in total. The molecule has 0 aromatic heterocycles. The molecule has 0 aliphatic rings.